The van der Waals surface area contributed by atoms with Gasteiger partial charge in [0, 0.05) is 5.52 Å². The topological polar surface area (TPSA) is 13.7 Å². The van der Waals surface area contributed by atoms with Crippen LogP contribution in [0, 0.1) is 0 Å². The molecule has 0 saturated heterocycles. The fourth-order valence-corrected chi connectivity index (χ4v) is 7.27. The van der Waals surface area contributed by atoms with Gasteiger partial charge < -0.3 is 8.96 Å². The van der Waals surface area contributed by atoms with Gasteiger partial charge in [0.15, 0.2) is 5.52 Å². The second-order valence-electron chi connectivity index (χ2n) is 11.2. The lowest BCUT2D eigenvalue weighted by Gasteiger charge is -2.45. The molecule has 3 heterocycles. The van der Waals surface area contributed by atoms with Gasteiger partial charge in [0.1, 0.15) is 5.52 Å². The molecular formula is C35H36BN3. The highest BCUT2D eigenvalue weighted by molar-refractivity contribution is 6.95. The number of benzene rings is 4. The Hall–Kier alpha value is -4.05. The van der Waals surface area contributed by atoms with Crippen LogP contribution in [0.5, 0.6) is 0 Å². The van der Waals surface area contributed by atoms with Crippen LogP contribution < -0.4 is 15.4 Å². The Bertz CT molecular complexity index is 1710. The Morgan fingerprint density at radius 1 is 0.641 bits per heavy atom. The molecule has 1 aliphatic heterocycles. The number of unbranched alkanes of at least 4 members (excludes halogenated alkanes) is 5. The molecule has 0 aliphatic carbocycles. The number of fused-ring (bicyclic) bond motifs is 4. The maximum Gasteiger partial charge on any atom is 0.345 e. The Morgan fingerprint density at radius 2 is 1.31 bits per heavy atom. The first-order chi connectivity index (χ1) is 19.4. The first kappa shape index (κ1) is 24.0. The minimum atomic E-state index is -1.54. The van der Waals surface area contributed by atoms with Gasteiger partial charge in [0.2, 0.25) is 5.82 Å². The van der Waals surface area contributed by atoms with E-state index in [1.165, 1.54) is 82.8 Å². The van der Waals surface area contributed by atoms with Crippen LogP contribution in [0.4, 0.5) is 0 Å². The molecule has 3 nitrogen and oxygen atoms in total. The van der Waals surface area contributed by atoms with E-state index in [9.17, 15) is 0 Å². The highest BCUT2D eigenvalue weighted by Gasteiger charge is 2.47. The summed E-state index contributed by atoms with van der Waals surface area (Å²) >= 11 is 0. The molecule has 0 saturated carbocycles. The second-order valence-corrected chi connectivity index (χ2v) is 11.2. The Kier molecular flexibility index (Phi) is 6.11. The molecular weight excluding hydrogens is 473 g/mol. The number of para-hydroxylation sites is 3. The molecule has 0 atom stereocenters. The molecule has 194 valence electrons. The van der Waals surface area contributed by atoms with Gasteiger partial charge in [-0.25, -0.2) is 4.57 Å². The first-order valence-electron chi connectivity index (χ1n) is 14.8. The fourth-order valence-electron chi connectivity index (χ4n) is 7.27. The minimum absolute atomic E-state index is 1.03. The van der Waals surface area contributed by atoms with Gasteiger partial charge in [-0.1, -0.05) is 118 Å². The van der Waals surface area contributed by atoms with Crippen LogP contribution in [0.2, 0.25) is 0 Å². The molecule has 1 aliphatic rings. The fraction of sp³-hybridized carbons (Fsp3) is 0.229. The molecule has 0 amide bonds. The number of aromatic nitrogens is 3. The van der Waals surface area contributed by atoms with Gasteiger partial charge in [-0.15, -0.1) is 10.9 Å². The average Bonchev–Trinajstić information content (AvgIpc) is 3.58. The van der Waals surface area contributed by atoms with Crippen LogP contribution >= 0.6 is 0 Å². The van der Waals surface area contributed by atoms with E-state index in [0.29, 0.717) is 0 Å². The molecule has 7 rings (SSSR count). The van der Waals surface area contributed by atoms with Crippen molar-refractivity contribution in [3.63, 3.8) is 0 Å². The summed E-state index contributed by atoms with van der Waals surface area (Å²) in [6, 6.07) is 40.5. The highest BCUT2D eigenvalue weighted by Crippen LogP contribution is 2.36. The van der Waals surface area contributed by atoms with Crippen molar-refractivity contribution < 1.29 is 4.48 Å². The SMILES string of the molecule is CCCCCCCCn1c2[n+](c3ccccc31)[B-](c1ccccc1)(c1ccccc1)n1ccc3cccc-2c31. The van der Waals surface area contributed by atoms with Gasteiger partial charge >= 0.3 is 6.42 Å². The van der Waals surface area contributed by atoms with Crippen molar-refractivity contribution >= 4 is 39.3 Å². The normalized spacial score (nSPS) is 13.7. The molecule has 39 heavy (non-hydrogen) atoms. The molecule has 0 spiro atoms. The van der Waals surface area contributed by atoms with Crippen LogP contribution in [0.25, 0.3) is 33.3 Å². The Balaban J connectivity index is 1.56. The van der Waals surface area contributed by atoms with E-state index in [0.717, 1.165) is 6.54 Å². The molecule has 0 radical (unpaired) electrons. The summed E-state index contributed by atoms with van der Waals surface area (Å²) in [5.41, 5.74) is 7.92. The number of hydrogen-bond acceptors (Lipinski definition) is 0. The third kappa shape index (κ3) is 3.61. The predicted molar refractivity (Wildman–Crippen MR) is 165 cm³/mol. The molecule has 4 heteroatoms. The molecule has 4 aromatic carbocycles. The first-order valence-corrected chi connectivity index (χ1v) is 14.8. The van der Waals surface area contributed by atoms with Crippen LogP contribution in [-0.2, 0) is 6.54 Å². The Labute approximate surface area is 231 Å². The van der Waals surface area contributed by atoms with Crippen LogP contribution in [0.15, 0.2) is 115 Å². The van der Waals surface area contributed by atoms with E-state index >= 15 is 0 Å². The predicted octanol–water partition coefficient (Wildman–Crippen LogP) is 6.88. The summed E-state index contributed by atoms with van der Waals surface area (Å²) in [6.07, 6.45) is 8.56. The maximum atomic E-state index is 2.69. The quantitative estimate of drug-likeness (QED) is 0.149. The summed E-state index contributed by atoms with van der Waals surface area (Å²) in [5, 5.41) is 1.30. The van der Waals surface area contributed by atoms with Crippen molar-refractivity contribution in [3.05, 3.63) is 115 Å². The third-order valence-electron chi connectivity index (χ3n) is 8.94. The van der Waals surface area contributed by atoms with E-state index in [2.05, 4.69) is 136 Å². The van der Waals surface area contributed by atoms with Crippen LogP contribution in [-0.4, -0.2) is 15.5 Å². The van der Waals surface area contributed by atoms with Crippen molar-refractivity contribution in [2.45, 2.75) is 52.0 Å². The van der Waals surface area contributed by atoms with Crippen LogP contribution in [0.1, 0.15) is 45.4 Å². The van der Waals surface area contributed by atoms with Crippen molar-refractivity contribution in [2.75, 3.05) is 0 Å². The van der Waals surface area contributed by atoms with Crippen LogP contribution in [0.3, 0.4) is 0 Å². The van der Waals surface area contributed by atoms with Gasteiger partial charge in [-0.2, -0.15) is 0 Å². The minimum Gasteiger partial charge on any atom is -0.475 e. The summed E-state index contributed by atoms with van der Waals surface area (Å²) in [7, 11) is 0. The Morgan fingerprint density at radius 3 is 2.05 bits per heavy atom. The zero-order chi connectivity index (χ0) is 26.2. The largest absolute Gasteiger partial charge is 0.475 e. The smallest absolute Gasteiger partial charge is 0.345 e. The molecule has 0 fully saturated rings. The number of aryl methyl sites for hydroxylation is 1. The zero-order valence-corrected chi connectivity index (χ0v) is 22.8. The number of imidazole rings is 1. The summed E-state index contributed by atoms with van der Waals surface area (Å²) in [4.78, 5) is 0. The van der Waals surface area contributed by atoms with E-state index in [-0.39, 0.29) is 0 Å². The summed E-state index contributed by atoms with van der Waals surface area (Å²) in [6.45, 7) is 3.32. The summed E-state index contributed by atoms with van der Waals surface area (Å²) < 4.78 is 7.91. The maximum absolute atomic E-state index is 2.69. The number of nitrogens with zero attached hydrogens (tertiary/aromatic N) is 3. The summed E-state index contributed by atoms with van der Waals surface area (Å²) in [5.74, 6) is 1.33. The average molecular weight is 510 g/mol. The van der Waals surface area contributed by atoms with Crippen molar-refractivity contribution in [1.29, 1.82) is 0 Å². The highest BCUT2D eigenvalue weighted by atomic mass is 15.2. The lowest BCUT2D eigenvalue weighted by molar-refractivity contribution is -0.504. The van der Waals surface area contributed by atoms with Crippen molar-refractivity contribution in [3.8, 4) is 11.4 Å². The van der Waals surface area contributed by atoms with E-state index in [1.807, 2.05) is 0 Å². The molecule has 0 bridgehead atoms. The molecule has 2 aromatic heterocycles. The monoisotopic (exact) mass is 509 g/mol. The standard InChI is InChI=1S/C35H36BN3/c1-2-3-4-5-6-15-26-37-32-23-13-14-24-33(32)39-35(37)31-22-16-17-28-25-27-38(34(28)31)36(39,29-18-9-7-10-19-29)30-20-11-8-12-21-30/h7-14,16-25,27H,2-6,15,26H2,1H3. The van der Waals surface area contributed by atoms with E-state index < -0.39 is 6.42 Å². The van der Waals surface area contributed by atoms with Gasteiger partial charge in [-0.3, -0.25) is 0 Å². The van der Waals surface area contributed by atoms with Gasteiger partial charge in [-0.05, 0) is 48.7 Å². The number of rotatable bonds is 9. The number of hydrogen-bond donors (Lipinski definition) is 0. The van der Waals surface area contributed by atoms with Gasteiger partial charge in [0.25, 0.3) is 0 Å². The third-order valence-corrected chi connectivity index (χ3v) is 8.94. The van der Waals surface area contributed by atoms with Crippen molar-refractivity contribution in [1.82, 2.24) is 9.05 Å². The zero-order valence-electron chi connectivity index (χ0n) is 22.8. The molecule has 0 N–H and O–H groups in total. The molecule has 6 aromatic rings. The van der Waals surface area contributed by atoms with E-state index in [1.54, 1.807) is 0 Å². The van der Waals surface area contributed by atoms with Crippen molar-refractivity contribution in [2.24, 2.45) is 0 Å². The lowest BCUT2D eigenvalue weighted by Crippen LogP contribution is -2.84. The van der Waals surface area contributed by atoms with Gasteiger partial charge in [0.05, 0.1) is 12.1 Å². The second kappa shape index (κ2) is 9.92. The lowest BCUT2D eigenvalue weighted by atomic mass is 9.35. The molecule has 0 unspecified atom stereocenters. The van der Waals surface area contributed by atoms with E-state index in [4.69, 9.17) is 0 Å².